The standard InChI is InChI=1S/C45H25N5/c46-26-29-17-19-44-39(21-29)35-13-4-6-15-42(35)49(44)33-12-8-11-32(23-33)38-25-34(24-37(41(38)28-48)31-9-2-1-3-10-31)50-43-16-7-5-14-36(43)40-22-30(27-47)18-20-45(40)50/h1-25H. The van der Waals surface area contributed by atoms with E-state index in [2.05, 4.69) is 81.9 Å². The summed E-state index contributed by atoms with van der Waals surface area (Å²) in [7, 11) is 0. The van der Waals surface area contributed by atoms with Gasteiger partial charge in [0.2, 0.25) is 0 Å². The molecule has 0 bridgehead atoms. The normalized spacial score (nSPS) is 11.1. The maximum Gasteiger partial charge on any atom is 0.100 e. The van der Waals surface area contributed by atoms with E-state index < -0.39 is 0 Å². The molecule has 0 spiro atoms. The van der Waals surface area contributed by atoms with E-state index in [1.165, 1.54) is 0 Å². The summed E-state index contributed by atoms with van der Waals surface area (Å²) in [5, 5.41) is 34.3. The van der Waals surface area contributed by atoms with Gasteiger partial charge in [-0.2, -0.15) is 15.8 Å². The summed E-state index contributed by atoms with van der Waals surface area (Å²) in [5.74, 6) is 0. The minimum atomic E-state index is 0.588. The topological polar surface area (TPSA) is 81.2 Å². The quantitative estimate of drug-likeness (QED) is 0.193. The van der Waals surface area contributed by atoms with Crippen molar-refractivity contribution in [3.63, 3.8) is 0 Å². The summed E-state index contributed by atoms with van der Waals surface area (Å²) in [6.45, 7) is 0. The summed E-state index contributed by atoms with van der Waals surface area (Å²) >= 11 is 0. The van der Waals surface area contributed by atoms with Crippen LogP contribution in [0.5, 0.6) is 0 Å². The summed E-state index contributed by atoms with van der Waals surface area (Å²) in [6, 6.07) is 57.8. The van der Waals surface area contributed by atoms with Gasteiger partial charge in [-0.1, -0.05) is 78.9 Å². The zero-order chi connectivity index (χ0) is 33.8. The third-order valence-electron chi connectivity index (χ3n) is 9.60. The van der Waals surface area contributed by atoms with Crippen LogP contribution in [-0.2, 0) is 0 Å². The van der Waals surface area contributed by atoms with Crippen molar-refractivity contribution in [2.24, 2.45) is 0 Å². The van der Waals surface area contributed by atoms with Gasteiger partial charge in [0.15, 0.2) is 0 Å². The zero-order valence-corrected chi connectivity index (χ0v) is 26.7. The van der Waals surface area contributed by atoms with Crippen LogP contribution in [0.2, 0.25) is 0 Å². The first-order valence-electron chi connectivity index (χ1n) is 16.3. The van der Waals surface area contributed by atoms with Crippen molar-refractivity contribution in [2.75, 3.05) is 0 Å². The Kier molecular flexibility index (Phi) is 6.56. The Labute approximate surface area is 287 Å². The SMILES string of the molecule is N#Cc1ccc2c(c1)c1ccccc1n2-c1cccc(-c2cc(-n3c4ccccc4c4cc(C#N)ccc43)cc(-c3ccccc3)c2C#N)c1. The van der Waals surface area contributed by atoms with E-state index in [0.29, 0.717) is 16.7 Å². The summed E-state index contributed by atoms with van der Waals surface area (Å²) < 4.78 is 4.45. The third kappa shape index (κ3) is 4.38. The number of hydrogen-bond donors (Lipinski definition) is 0. The van der Waals surface area contributed by atoms with Crippen molar-refractivity contribution in [2.45, 2.75) is 0 Å². The van der Waals surface area contributed by atoms with Gasteiger partial charge in [-0.25, -0.2) is 0 Å². The number of para-hydroxylation sites is 2. The molecule has 7 aromatic carbocycles. The molecule has 0 N–H and O–H groups in total. The van der Waals surface area contributed by atoms with E-state index in [9.17, 15) is 15.8 Å². The zero-order valence-electron chi connectivity index (χ0n) is 26.7. The molecule has 0 saturated heterocycles. The maximum absolute atomic E-state index is 10.8. The molecule has 2 aromatic heterocycles. The van der Waals surface area contributed by atoms with E-state index in [-0.39, 0.29) is 0 Å². The molecule has 0 amide bonds. The highest BCUT2D eigenvalue weighted by atomic mass is 15.0. The predicted molar refractivity (Wildman–Crippen MR) is 200 cm³/mol. The maximum atomic E-state index is 10.8. The van der Waals surface area contributed by atoms with Gasteiger partial charge >= 0.3 is 0 Å². The van der Waals surface area contributed by atoms with E-state index >= 15 is 0 Å². The van der Waals surface area contributed by atoms with Crippen molar-refractivity contribution < 1.29 is 0 Å². The molecule has 230 valence electrons. The Morgan fingerprint density at radius 2 is 0.860 bits per heavy atom. The molecule has 5 nitrogen and oxygen atoms in total. The molecule has 9 rings (SSSR count). The van der Waals surface area contributed by atoms with Crippen LogP contribution in [0.1, 0.15) is 16.7 Å². The van der Waals surface area contributed by atoms with Crippen LogP contribution >= 0.6 is 0 Å². The Bertz CT molecular complexity index is 2960. The number of benzene rings is 7. The number of rotatable bonds is 4. The average molecular weight is 636 g/mol. The Morgan fingerprint density at radius 3 is 1.44 bits per heavy atom. The second-order valence-corrected chi connectivity index (χ2v) is 12.3. The fourth-order valence-electron chi connectivity index (χ4n) is 7.40. The Hall–Kier alpha value is -7.39. The van der Waals surface area contributed by atoms with Gasteiger partial charge < -0.3 is 9.13 Å². The van der Waals surface area contributed by atoms with E-state index in [4.69, 9.17) is 0 Å². The molecule has 0 aliphatic carbocycles. The van der Waals surface area contributed by atoms with Crippen molar-refractivity contribution in [3.8, 4) is 51.8 Å². The van der Waals surface area contributed by atoms with E-state index in [0.717, 1.165) is 77.2 Å². The van der Waals surface area contributed by atoms with Crippen LogP contribution in [0.4, 0.5) is 0 Å². The van der Waals surface area contributed by atoms with Gasteiger partial charge in [-0.15, -0.1) is 0 Å². The highest BCUT2D eigenvalue weighted by Gasteiger charge is 2.20. The monoisotopic (exact) mass is 635 g/mol. The molecule has 0 aliphatic rings. The summed E-state index contributed by atoms with van der Waals surface area (Å²) in [4.78, 5) is 0. The molecule has 0 saturated carbocycles. The first-order chi connectivity index (χ1) is 24.7. The van der Waals surface area contributed by atoms with Gasteiger partial charge in [0.1, 0.15) is 6.07 Å². The van der Waals surface area contributed by atoms with Crippen molar-refractivity contribution in [3.05, 3.63) is 168 Å². The van der Waals surface area contributed by atoms with Gasteiger partial charge in [0.25, 0.3) is 0 Å². The largest absolute Gasteiger partial charge is 0.309 e. The molecular weight excluding hydrogens is 611 g/mol. The second-order valence-electron chi connectivity index (χ2n) is 12.3. The summed E-state index contributed by atoms with van der Waals surface area (Å²) in [5.41, 5.74) is 11.2. The number of fused-ring (bicyclic) bond motifs is 6. The number of nitrogens with zero attached hydrogens (tertiary/aromatic N) is 5. The Balaban J connectivity index is 1.34. The first kappa shape index (κ1) is 28.8. The molecular formula is C45H25N5. The molecule has 0 fully saturated rings. The van der Waals surface area contributed by atoms with Gasteiger partial charge in [-0.05, 0) is 83.9 Å². The molecule has 0 unspecified atom stereocenters. The lowest BCUT2D eigenvalue weighted by molar-refractivity contribution is 1.17. The molecule has 0 atom stereocenters. The molecule has 2 heterocycles. The van der Waals surface area contributed by atoms with E-state index in [1.54, 1.807) is 0 Å². The lowest BCUT2D eigenvalue weighted by Crippen LogP contribution is -2.00. The smallest absolute Gasteiger partial charge is 0.100 e. The fourth-order valence-corrected chi connectivity index (χ4v) is 7.40. The lowest BCUT2D eigenvalue weighted by atomic mass is 9.91. The third-order valence-corrected chi connectivity index (χ3v) is 9.60. The van der Waals surface area contributed by atoms with Crippen LogP contribution in [0.25, 0.3) is 77.2 Å². The van der Waals surface area contributed by atoms with Gasteiger partial charge in [0, 0.05) is 44.0 Å². The van der Waals surface area contributed by atoms with E-state index in [1.807, 2.05) is 97.1 Å². The van der Waals surface area contributed by atoms with Crippen molar-refractivity contribution >= 4 is 43.6 Å². The summed E-state index contributed by atoms with van der Waals surface area (Å²) in [6.07, 6.45) is 0. The molecule has 0 radical (unpaired) electrons. The highest BCUT2D eigenvalue weighted by molar-refractivity contribution is 6.11. The molecule has 9 aromatic rings. The number of aromatic nitrogens is 2. The van der Waals surface area contributed by atoms with Crippen molar-refractivity contribution in [1.29, 1.82) is 15.8 Å². The fraction of sp³-hybridized carbons (Fsp3) is 0. The van der Waals surface area contributed by atoms with Crippen LogP contribution in [0.3, 0.4) is 0 Å². The average Bonchev–Trinajstić information content (AvgIpc) is 3.70. The molecule has 0 aliphatic heterocycles. The minimum Gasteiger partial charge on any atom is -0.309 e. The van der Waals surface area contributed by atoms with Crippen molar-refractivity contribution in [1.82, 2.24) is 9.13 Å². The van der Waals surface area contributed by atoms with Gasteiger partial charge in [0.05, 0.1) is 50.9 Å². The minimum absolute atomic E-state index is 0.588. The van der Waals surface area contributed by atoms with Gasteiger partial charge in [-0.3, -0.25) is 0 Å². The molecule has 5 heteroatoms. The van der Waals surface area contributed by atoms with Crippen LogP contribution < -0.4 is 0 Å². The number of nitriles is 3. The predicted octanol–water partition coefficient (Wildman–Crippen LogP) is 10.8. The lowest BCUT2D eigenvalue weighted by Gasteiger charge is -2.17. The number of hydrogen-bond acceptors (Lipinski definition) is 3. The first-order valence-corrected chi connectivity index (χ1v) is 16.3. The van der Waals surface area contributed by atoms with Crippen LogP contribution in [0, 0.1) is 34.0 Å². The van der Waals surface area contributed by atoms with Crippen LogP contribution in [0.15, 0.2) is 152 Å². The molecule has 50 heavy (non-hydrogen) atoms. The van der Waals surface area contributed by atoms with Crippen LogP contribution in [-0.4, -0.2) is 9.13 Å². The Morgan fingerprint density at radius 1 is 0.360 bits per heavy atom. The highest BCUT2D eigenvalue weighted by Crippen LogP contribution is 2.40. The second kappa shape index (κ2) is 11.4.